The van der Waals surface area contributed by atoms with Crippen molar-refractivity contribution in [3.63, 3.8) is 0 Å². The minimum Gasteiger partial charge on any atom is -0.469 e. The zero-order valence-electron chi connectivity index (χ0n) is 13.3. The molecule has 6 nitrogen and oxygen atoms in total. The number of ether oxygens (including phenoxy) is 2. The number of rotatable bonds is 3. The minimum atomic E-state index is -1.60. The van der Waals surface area contributed by atoms with E-state index in [4.69, 9.17) is 9.47 Å². The normalized spacial score (nSPS) is 30.6. The Balaban J connectivity index is 2.61. The molecule has 0 saturated heterocycles. The summed E-state index contributed by atoms with van der Waals surface area (Å²) in [7, 11) is 2.40. The largest absolute Gasteiger partial charge is 0.469 e. The van der Waals surface area contributed by atoms with E-state index in [-0.39, 0.29) is 6.42 Å². The number of carbonyl (C=O) groups is 3. The van der Waals surface area contributed by atoms with Crippen LogP contribution in [0.15, 0.2) is 30.3 Å². The predicted octanol–water partition coefficient (Wildman–Crippen LogP) is 1.07. The van der Waals surface area contributed by atoms with Gasteiger partial charge in [0.15, 0.2) is 5.78 Å². The maximum atomic E-state index is 12.4. The number of hydrogen-bond acceptors (Lipinski definition) is 6. The molecular weight excluding hydrogens is 300 g/mol. The molecule has 124 valence electrons. The SMILES string of the molecule is COC(=O)[C@H]1C(=O)C[C@](C)(O)[C@H](C(=O)OC)[C@H]1c1ccccc1. The summed E-state index contributed by atoms with van der Waals surface area (Å²) in [5, 5.41) is 10.6. The van der Waals surface area contributed by atoms with Gasteiger partial charge in [-0.15, -0.1) is 0 Å². The Morgan fingerprint density at radius 3 is 2.22 bits per heavy atom. The molecule has 1 aromatic rings. The van der Waals surface area contributed by atoms with Crippen molar-refractivity contribution in [3.05, 3.63) is 35.9 Å². The summed E-state index contributed by atoms with van der Waals surface area (Å²) in [4.78, 5) is 36.9. The highest BCUT2D eigenvalue weighted by molar-refractivity contribution is 6.02. The second kappa shape index (κ2) is 6.50. The van der Waals surface area contributed by atoms with E-state index >= 15 is 0 Å². The Morgan fingerprint density at radius 1 is 1.13 bits per heavy atom. The van der Waals surface area contributed by atoms with Crippen LogP contribution in [0.3, 0.4) is 0 Å². The lowest BCUT2D eigenvalue weighted by Crippen LogP contribution is -2.55. The van der Waals surface area contributed by atoms with Gasteiger partial charge in [0.05, 0.1) is 25.7 Å². The fourth-order valence-electron chi connectivity index (χ4n) is 3.34. The van der Waals surface area contributed by atoms with Crippen LogP contribution in [-0.4, -0.2) is 42.6 Å². The number of aliphatic hydroxyl groups is 1. The second-order valence-electron chi connectivity index (χ2n) is 5.94. The number of hydrogen-bond donors (Lipinski definition) is 1. The first-order valence-electron chi connectivity index (χ1n) is 7.29. The van der Waals surface area contributed by atoms with Crippen LogP contribution in [0.4, 0.5) is 0 Å². The minimum absolute atomic E-state index is 0.310. The standard InChI is InChI=1S/C17H20O6/c1-17(21)9-11(18)13(15(19)22-2)12(14(17)16(20)23-3)10-7-5-4-6-8-10/h4-8,12-14,21H,9H2,1-3H3/t12-,13-,14-,17-/m0/s1. The third-order valence-electron chi connectivity index (χ3n) is 4.36. The summed E-state index contributed by atoms with van der Waals surface area (Å²) in [6.07, 6.45) is -0.310. The number of carbonyl (C=O) groups excluding carboxylic acids is 3. The summed E-state index contributed by atoms with van der Waals surface area (Å²) >= 11 is 0. The first-order valence-corrected chi connectivity index (χ1v) is 7.29. The molecule has 1 aromatic carbocycles. The summed E-state index contributed by atoms with van der Waals surface area (Å²) < 4.78 is 9.56. The smallest absolute Gasteiger partial charge is 0.316 e. The molecule has 1 fully saturated rings. The molecule has 4 atom stereocenters. The summed E-state index contributed by atoms with van der Waals surface area (Å²) in [6, 6.07) is 8.70. The molecule has 1 saturated carbocycles. The lowest BCUT2D eigenvalue weighted by atomic mass is 9.62. The molecule has 6 heteroatoms. The van der Waals surface area contributed by atoms with E-state index in [1.54, 1.807) is 30.3 Å². The van der Waals surface area contributed by atoms with Crippen LogP contribution in [0.2, 0.25) is 0 Å². The number of Topliss-reactive ketones (excluding diaryl/α,β-unsaturated/α-hetero) is 1. The number of ketones is 1. The molecule has 0 unspecified atom stereocenters. The first-order chi connectivity index (χ1) is 10.8. The Labute approximate surface area is 134 Å². The highest BCUT2D eigenvalue weighted by Gasteiger charge is 2.56. The van der Waals surface area contributed by atoms with Crippen molar-refractivity contribution in [2.24, 2.45) is 11.8 Å². The van der Waals surface area contributed by atoms with E-state index in [1.165, 1.54) is 21.1 Å². The van der Waals surface area contributed by atoms with Gasteiger partial charge in [-0.3, -0.25) is 14.4 Å². The molecule has 2 rings (SSSR count). The highest BCUT2D eigenvalue weighted by Crippen LogP contribution is 2.46. The van der Waals surface area contributed by atoms with Crippen molar-refractivity contribution < 1.29 is 29.0 Å². The van der Waals surface area contributed by atoms with Crippen molar-refractivity contribution in [1.82, 2.24) is 0 Å². The lowest BCUT2D eigenvalue weighted by molar-refractivity contribution is -0.170. The summed E-state index contributed by atoms with van der Waals surface area (Å²) in [6.45, 7) is 1.41. The molecule has 1 N–H and O–H groups in total. The van der Waals surface area contributed by atoms with Crippen LogP contribution in [0.25, 0.3) is 0 Å². The molecule has 0 radical (unpaired) electrons. The van der Waals surface area contributed by atoms with Crippen LogP contribution < -0.4 is 0 Å². The lowest BCUT2D eigenvalue weighted by Gasteiger charge is -2.43. The van der Waals surface area contributed by atoms with E-state index < -0.39 is 41.1 Å². The van der Waals surface area contributed by atoms with Crippen LogP contribution >= 0.6 is 0 Å². The fraction of sp³-hybridized carbons (Fsp3) is 0.471. The highest BCUT2D eigenvalue weighted by atomic mass is 16.5. The van der Waals surface area contributed by atoms with E-state index in [1.807, 2.05) is 0 Å². The molecule has 1 aliphatic rings. The number of esters is 2. The van der Waals surface area contributed by atoms with Gasteiger partial charge in [0.2, 0.25) is 0 Å². The second-order valence-corrected chi connectivity index (χ2v) is 5.94. The Bertz CT molecular complexity index is 607. The quantitative estimate of drug-likeness (QED) is 0.662. The zero-order valence-corrected chi connectivity index (χ0v) is 13.3. The molecule has 1 aliphatic carbocycles. The predicted molar refractivity (Wildman–Crippen MR) is 80.4 cm³/mol. The van der Waals surface area contributed by atoms with Crippen molar-refractivity contribution in [1.29, 1.82) is 0 Å². The number of benzene rings is 1. The van der Waals surface area contributed by atoms with Gasteiger partial charge in [0.25, 0.3) is 0 Å². The molecule has 0 bridgehead atoms. The van der Waals surface area contributed by atoms with Crippen molar-refractivity contribution in [2.75, 3.05) is 14.2 Å². The monoisotopic (exact) mass is 320 g/mol. The van der Waals surface area contributed by atoms with Gasteiger partial charge >= 0.3 is 11.9 Å². The summed E-state index contributed by atoms with van der Waals surface area (Å²) in [5.74, 6) is -4.86. The average molecular weight is 320 g/mol. The third-order valence-corrected chi connectivity index (χ3v) is 4.36. The van der Waals surface area contributed by atoms with Crippen molar-refractivity contribution >= 4 is 17.7 Å². The van der Waals surface area contributed by atoms with E-state index in [0.717, 1.165) is 0 Å². The van der Waals surface area contributed by atoms with E-state index in [0.29, 0.717) is 5.56 Å². The molecule has 0 amide bonds. The Morgan fingerprint density at radius 2 is 1.70 bits per heavy atom. The van der Waals surface area contributed by atoms with Crippen LogP contribution in [-0.2, 0) is 23.9 Å². The Hall–Kier alpha value is -2.21. The molecule has 23 heavy (non-hydrogen) atoms. The van der Waals surface area contributed by atoms with Crippen LogP contribution in [0.5, 0.6) is 0 Å². The zero-order chi connectivity index (χ0) is 17.2. The summed E-state index contributed by atoms with van der Waals surface area (Å²) in [5.41, 5.74) is -0.999. The van der Waals surface area contributed by atoms with Crippen molar-refractivity contribution in [2.45, 2.75) is 24.9 Å². The molecular formula is C17H20O6. The average Bonchev–Trinajstić information content (AvgIpc) is 2.52. The van der Waals surface area contributed by atoms with Gasteiger partial charge < -0.3 is 14.6 Å². The van der Waals surface area contributed by atoms with Gasteiger partial charge in [-0.05, 0) is 12.5 Å². The van der Waals surface area contributed by atoms with Gasteiger partial charge in [-0.25, -0.2) is 0 Å². The molecule has 0 aliphatic heterocycles. The molecule has 0 spiro atoms. The topological polar surface area (TPSA) is 89.9 Å². The third kappa shape index (κ3) is 3.12. The maximum Gasteiger partial charge on any atom is 0.316 e. The van der Waals surface area contributed by atoms with Crippen LogP contribution in [0.1, 0.15) is 24.8 Å². The van der Waals surface area contributed by atoms with Gasteiger partial charge in [-0.1, -0.05) is 30.3 Å². The van der Waals surface area contributed by atoms with Crippen LogP contribution in [0, 0.1) is 11.8 Å². The van der Waals surface area contributed by atoms with Gasteiger partial charge in [-0.2, -0.15) is 0 Å². The molecule has 0 aromatic heterocycles. The maximum absolute atomic E-state index is 12.4. The van der Waals surface area contributed by atoms with E-state index in [2.05, 4.69) is 0 Å². The van der Waals surface area contributed by atoms with Gasteiger partial charge in [0, 0.05) is 12.3 Å². The van der Waals surface area contributed by atoms with Crippen molar-refractivity contribution in [3.8, 4) is 0 Å². The Kier molecular flexibility index (Phi) is 4.85. The van der Waals surface area contributed by atoms with Gasteiger partial charge in [0.1, 0.15) is 5.92 Å². The fourth-order valence-corrected chi connectivity index (χ4v) is 3.34. The number of methoxy groups -OCH3 is 2. The molecule has 0 heterocycles. The van der Waals surface area contributed by atoms with E-state index in [9.17, 15) is 19.5 Å². The first kappa shape index (κ1) is 17.1.